The van der Waals surface area contributed by atoms with Gasteiger partial charge < -0.3 is 10.6 Å². The fourth-order valence-corrected chi connectivity index (χ4v) is 3.27. The van der Waals surface area contributed by atoms with E-state index in [-0.39, 0.29) is 5.84 Å². The molecular weight excluding hydrogens is 260 g/mol. The Balaban J connectivity index is 2.15. The summed E-state index contributed by atoms with van der Waals surface area (Å²) in [6, 6.07) is 10.5. The fraction of sp³-hybridized carbons (Fsp3) is 0.412. The van der Waals surface area contributed by atoms with Crippen molar-refractivity contribution in [1.82, 2.24) is 4.98 Å². The lowest BCUT2D eigenvalue weighted by Gasteiger charge is -2.30. The minimum absolute atomic E-state index is 0.0951. The molecule has 2 heterocycles. The van der Waals surface area contributed by atoms with Crippen LogP contribution in [0, 0.1) is 11.3 Å². The van der Waals surface area contributed by atoms with Crippen LogP contribution in [0.4, 0.5) is 5.82 Å². The van der Waals surface area contributed by atoms with Crippen LogP contribution >= 0.6 is 0 Å². The summed E-state index contributed by atoms with van der Waals surface area (Å²) >= 11 is 0. The van der Waals surface area contributed by atoms with Crippen molar-refractivity contribution in [2.75, 3.05) is 11.4 Å². The Kier molecular flexibility index (Phi) is 3.53. The lowest BCUT2D eigenvalue weighted by atomic mass is 10.0. The first-order chi connectivity index (χ1) is 10.1. The van der Waals surface area contributed by atoms with Gasteiger partial charge >= 0.3 is 0 Å². The smallest absolute Gasteiger partial charge is 0.140 e. The van der Waals surface area contributed by atoms with Crippen LogP contribution in [0.15, 0.2) is 30.3 Å². The Morgan fingerprint density at radius 2 is 2.14 bits per heavy atom. The van der Waals surface area contributed by atoms with Crippen LogP contribution in [-0.4, -0.2) is 23.4 Å². The van der Waals surface area contributed by atoms with Gasteiger partial charge in [-0.25, -0.2) is 4.98 Å². The summed E-state index contributed by atoms with van der Waals surface area (Å²) in [6.07, 6.45) is 2.36. The maximum absolute atomic E-state index is 7.90. The number of pyridine rings is 1. The van der Waals surface area contributed by atoms with Crippen LogP contribution in [0.25, 0.3) is 10.9 Å². The minimum Gasteiger partial charge on any atom is -0.384 e. The van der Waals surface area contributed by atoms with Gasteiger partial charge in [0, 0.05) is 18.0 Å². The van der Waals surface area contributed by atoms with Crippen LogP contribution in [0.1, 0.15) is 32.3 Å². The molecule has 1 saturated heterocycles. The summed E-state index contributed by atoms with van der Waals surface area (Å²) in [5.74, 6) is 1.54. The van der Waals surface area contributed by atoms with Crippen LogP contribution < -0.4 is 10.6 Å². The van der Waals surface area contributed by atoms with Crippen molar-refractivity contribution < 1.29 is 0 Å². The monoisotopic (exact) mass is 282 g/mol. The zero-order valence-corrected chi connectivity index (χ0v) is 12.6. The van der Waals surface area contributed by atoms with Gasteiger partial charge in [-0.1, -0.05) is 32.0 Å². The molecule has 1 aliphatic rings. The molecule has 0 spiro atoms. The molecule has 0 bridgehead atoms. The van der Waals surface area contributed by atoms with Crippen molar-refractivity contribution in [3.8, 4) is 0 Å². The predicted octanol–water partition coefficient (Wildman–Crippen LogP) is 3.14. The molecule has 21 heavy (non-hydrogen) atoms. The maximum atomic E-state index is 7.90. The van der Waals surface area contributed by atoms with Crippen molar-refractivity contribution in [3.05, 3.63) is 35.9 Å². The van der Waals surface area contributed by atoms with Gasteiger partial charge in [-0.3, -0.25) is 5.41 Å². The van der Waals surface area contributed by atoms with Gasteiger partial charge in [-0.2, -0.15) is 0 Å². The zero-order valence-electron chi connectivity index (χ0n) is 12.6. The Labute approximate surface area is 125 Å². The summed E-state index contributed by atoms with van der Waals surface area (Å²) in [6.45, 7) is 5.49. The highest BCUT2D eigenvalue weighted by atomic mass is 15.2. The van der Waals surface area contributed by atoms with Crippen LogP contribution in [-0.2, 0) is 0 Å². The molecular formula is C17H22N4. The Hall–Kier alpha value is -2.10. The summed E-state index contributed by atoms with van der Waals surface area (Å²) < 4.78 is 0. The number of anilines is 1. The number of hydrogen-bond acceptors (Lipinski definition) is 3. The van der Waals surface area contributed by atoms with E-state index >= 15 is 0 Å². The van der Waals surface area contributed by atoms with E-state index in [9.17, 15) is 0 Å². The molecule has 0 aliphatic carbocycles. The number of fused-ring (bicyclic) bond motifs is 1. The molecule has 0 amide bonds. The van der Waals surface area contributed by atoms with Crippen LogP contribution in [0.2, 0.25) is 0 Å². The summed E-state index contributed by atoms with van der Waals surface area (Å²) in [4.78, 5) is 7.16. The molecule has 110 valence electrons. The van der Waals surface area contributed by atoms with Crippen molar-refractivity contribution in [2.24, 2.45) is 11.7 Å². The molecule has 2 aromatic rings. The molecule has 3 N–H and O–H groups in total. The number of hydrogen-bond donors (Lipinski definition) is 2. The third-order valence-corrected chi connectivity index (χ3v) is 4.33. The molecule has 4 nitrogen and oxygen atoms in total. The highest BCUT2D eigenvalue weighted by molar-refractivity contribution is 6.03. The van der Waals surface area contributed by atoms with E-state index in [1.807, 2.05) is 30.3 Å². The average molecular weight is 282 g/mol. The summed E-state index contributed by atoms with van der Waals surface area (Å²) in [5.41, 5.74) is 7.53. The summed E-state index contributed by atoms with van der Waals surface area (Å²) in [5, 5.41) is 8.93. The van der Waals surface area contributed by atoms with Gasteiger partial charge in [0.05, 0.1) is 11.1 Å². The number of nitrogens with zero attached hydrogens (tertiary/aromatic N) is 2. The highest BCUT2D eigenvalue weighted by Crippen LogP contribution is 2.32. The number of nitrogens with one attached hydrogen (secondary N) is 1. The van der Waals surface area contributed by atoms with Gasteiger partial charge in [-0.15, -0.1) is 0 Å². The Morgan fingerprint density at radius 3 is 2.86 bits per heavy atom. The number of amidine groups is 1. The zero-order chi connectivity index (χ0) is 15.0. The topological polar surface area (TPSA) is 66.0 Å². The molecule has 1 aromatic heterocycles. The van der Waals surface area contributed by atoms with Gasteiger partial charge in [-0.05, 0) is 30.9 Å². The Morgan fingerprint density at radius 1 is 1.38 bits per heavy atom. The van der Waals surface area contributed by atoms with Crippen LogP contribution in [0.3, 0.4) is 0 Å². The maximum Gasteiger partial charge on any atom is 0.140 e. The van der Waals surface area contributed by atoms with E-state index < -0.39 is 0 Å². The number of rotatable bonds is 3. The van der Waals surface area contributed by atoms with E-state index in [4.69, 9.17) is 16.1 Å². The number of aromatic nitrogens is 1. The molecule has 1 aromatic carbocycles. The Bertz CT molecular complexity index is 678. The number of nitrogen functional groups attached to an aromatic ring is 1. The SMILES string of the molecule is CC(C)C1CCCN1c1nc2ccccc2cc1C(=N)N. The minimum atomic E-state index is 0.0951. The van der Waals surface area contributed by atoms with E-state index in [0.717, 1.165) is 28.8 Å². The lowest BCUT2D eigenvalue weighted by molar-refractivity contribution is 0.490. The molecule has 0 saturated carbocycles. The lowest BCUT2D eigenvalue weighted by Crippen LogP contribution is -2.35. The molecule has 0 radical (unpaired) electrons. The van der Waals surface area contributed by atoms with Gasteiger partial charge in [0.2, 0.25) is 0 Å². The number of nitrogens with two attached hydrogens (primary N) is 1. The second-order valence-electron chi connectivity index (χ2n) is 6.11. The molecule has 4 heteroatoms. The largest absolute Gasteiger partial charge is 0.384 e. The van der Waals surface area contributed by atoms with Crippen molar-refractivity contribution >= 4 is 22.6 Å². The van der Waals surface area contributed by atoms with E-state index in [1.165, 1.54) is 12.8 Å². The van der Waals surface area contributed by atoms with Gasteiger partial charge in [0.15, 0.2) is 0 Å². The average Bonchev–Trinajstić information content (AvgIpc) is 2.95. The normalized spacial score (nSPS) is 18.6. The van der Waals surface area contributed by atoms with Crippen molar-refractivity contribution in [2.45, 2.75) is 32.7 Å². The molecule has 1 atom stereocenters. The second-order valence-corrected chi connectivity index (χ2v) is 6.11. The third-order valence-electron chi connectivity index (χ3n) is 4.33. The van der Waals surface area contributed by atoms with Crippen molar-refractivity contribution in [1.29, 1.82) is 5.41 Å². The molecule has 1 unspecified atom stereocenters. The van der Waals surface area contributed by atoms with Crippen molar-refractivity contribution in [3.63, 3.8) is 0 Å². The van der Waals surface area contributed by atoms with Gasteiger partial charge in [0.1, 0.15) is 11.7 Å². The van der Waals surface area contributed by atoms with Crippen LogP contribution in [0.5, 0.6) is 0 Å². The van der Waals surface area contributed by atoms with E-state index in [2.05, 4.69) is 18.7 Å². The molecule has 1 aliphatic heterocycles. The quantitative estimate of drug-likeness (QED) is 0.671. The van der Waals surface area contributed by atoms with E-state index in [1.54, 1.807) is 0 Å². The fourth-order valence-electron chi connectivity index (χ4n) is 3.27. The molecule has 1 fully saturated rings. The first-order valence-electron chi connectivity index (χ1n) is 7.58. The second kappa shape index (κ2) is 5.35. The highest BCUT2D eigenvalue weighted by Gasteiger charge is 2.30. The first-order valence-corrected chi connectivity index (χ1v) is 7.58. The number of benzene rings is 1. The predicted molar refractivity (Wildman–Crippen MR) is 88.0 cm³/mol. The number of para-hydroxylation sites is 1. The molecule has 3 rings (SSSR count). The first kappa shape index (κ1) is 13.9. The summed E-state index contributed by atoms with van der Waals surface area (Å²) in [7, 11) is 0. The standard InChI is InChI=1S/C17H22N4/c1-11(2)15-8-5-9-21(15)17-13(16(18)19)10-12-6-3-4-7-14(12)20-17/h3-4,6-7,10-11,15H,5,8-9H2,1-2H3,(H3,18,19). The third kappa shape index (κ3) is 2.46. The van der Waals surface area contributed by atoms with Gasteiger partial charge in [0.25, 0.3) is 0 Å². The van der Waals surface area contributed by atoms with E-state index in [0.29, 0.717) is 12.0 Å².